The molecule has 0 aliphatic heterocycles. The maximum atomic E-state index is 11.8. The van der Waals surface area contributed by atoms with Crippen LogP contribution in [0.25, 0.3) is 5.65 Å². The second-order valence-electron chi connectivity index (χ2n) is 3.75. The normalized spacial score (nSPS) is 10.8. The molecule has 0 amide bonds. The van der Waals surface area contributed by atoms with E-state index in [1.54, 1.807) is 24.8 Å². The minimum Gasteiger partial charge on any atom is -0.331 e. The van der Waals surface area contributed by atoms with Gasteiger partial charge in [0.15, 0.2) is 0 Å². The van der Waals surface area contributed by atoms with Crippen molar-refractivity contribution in [1.29, 1.82) is 0 Å². The average Bonchev–Trinajstić information content (AvgIpc) is 2.82. The van der Waals surface area contributed by atoms with Gasteiger partial charge in [-0.05, 0) is 12.1 Å². The van der Waals surface area contributed by atoms with Gasteiger partial charge >= 0.3 is 0 Å². The minimum absolute atomic E-state index is 0.0642. The molecule has 0 atom stereocenters. The summed E-state index contributed by atoms with van der Waals surface area (Å²) >= 11 is 0. The van der Waals surface area contributed by atoms with E-state index in [1.807, 2.05) is 29.0 Å². The Morgan fingerprint density at radius 1 is 1.24 bits per heavy atom. The third kappa shape index (κ3) is 1.82. The molecule has 0 unspecified atom stereocenters. The number of imidazole rings is 1. The Hall–Kier alpha value is -2.43. The Kier molecular flexibility index (Phi) is 2.22. The van der Waals surface area contributed by atoms with Crippen LogP contribution in [0.5, 0.6) is 0 Å². The van der Waals surface area contributed by atoms with Crippen molar-refractivity contribution in [2.75, 3.05) is 0 Å². The molecule has 0 aromatic carbocycles. The number of hydrogen-bond donors (Lipinski definition) is 0. The van der Waals surface area contributed by atoms with Crippen LogP contribution >= 0.6 is 0 Å². The highest BCUT2D eigenvalue weighted by molar-refractivity contribution is 5.38. The number of hydrogen-bond acceptors (Lipinski definition) is 3. The molecule has 0 fully saturated rings. The van der Waals surface area contributed by atoms with Gasteiger partial charge < -0.3 is 4.57 Å². The van der Waals surface area contributed by atoms with Gasteiger partial charge in [-0.25, -0.2) is 9.97 Å². The van der Waals surface area contributed by atoms with Crippen LogP contribution in [-0.4, -0.2) is 18.9 Å². The zero-order valence-electron chi connectivity index (χ0n) is 9.02. The maximum absolute atomic E-state index is 11.8. The van der Waals surface area contributed by atoms with Crippen molar-refractivity contribution in [2.24, 2.45) is 0 Å². The van der Waals surface area contributed by atoms with Crippen molar-refractivity contribution in [3.05, 3.63) is 65.2 Å². The molecule has 0 aliphatic rings. The molecular formula is C12H10N4O. The molecule has 3 aromatic heterocycles. The fraction of sp³-hybridized carbons (Fsp3) is 0.0833. The highest BCUT2D eigenvalue weighted by Gasteiger charge is 2.01. The highest BCUT2D eigenvalue weighted by atomic mass is 16.1. The van der Waals surface area contributed by atoms with E-state index in [0.717, 1.165) is 5.69 Å². The Bertz CT molecular complexity index is 700. The Morgan fingerprint density at radius 3 is 3.00 bits per heavy atom. The van der Waals surface area contributed by atoms with Crippen LogP contribution in [-0.2, 0) is 6.54 Å². The van der Waals surface area contributed by atoms with Crippen molar-refractivity contribution in [2.45, 2.75) is 6.54 Å². The molecule has 0 saturated heterocycles. The standard InChI is InChI=1S/C12H10N4O/c17-12-7-10(8-15-6-4-13-9-15)14-11-3-1-2-5-16(11)12/h1-7,9H,8H2. The minimum atomic E-state index is -0.0642. The molecule has 0 aliphatic carbocycles. The van der Waals surface area contributed by atoms with Gasteiger partial charge in [0, 0.05) is 24.7 Å². The summed E-state index contributed by atoms with van der Waals surface area (Å²) in [5.74, 6) is 0. The monoisotopic (exact) mass is 226 g/mol. The van der Waals surface area contributed by atoms with E-state index in [2.05, 4.69) is 9.97 Å². The number of pyridine rings is 1. The summed E-state index contributed by atoms with van der Waals surface area (Å²) in [6.45, 7) is 0.556. The lowest BCUT2D eigenvalue weighted by atomic mass is 10.3. The van der Waals surface area contributed by atoms with Crippen LogP contribution in [0.4, 0.5) is 0 Å². The topological polar surface area (TPSA) is 52.2 Å². The summed E-state index contributed by atoms with van der Waals surface area (Å²) in [6, 6.07) is 7.04. The van der Waals surface area contributed by atoms with Crippen LogP contribution in [0, 0.1) is 0 Å². The predicted molar refractivity (Wildman–Crippen MR) is 62.8 cm³/mol. The van der Waals surface area contributed by atoms with Crippen molar-refractivity contribution in [1.82, 2.24) is 18.9 Å². The van der Waals surface area contributed by atoms with E-state index in [4.69, 9.17) is 0 Å². The lowest BCUT2D eigenvalue weighted by molar-refractivity contribution is 0.768. The van der Waals surface area contributed by atoms with Gasteiger partial charge in [0.25, 0.3) is 5.56 Å². The zero-order chi connectivity index (χ0) is 11.7. The van der Waals surface area contributed by atoms with Gasteiger partial charge in [-0.2, -0.15) is 0 Å². The quantitative estimate of drug-likeness (QED) is 0.653. The molecule has 0 saturated carbocycles. The Morgan fingerprint density at radius 2 is 2.18 bits per heavy atom. The second-order valence-corrected chi connectivity index (χ2v) is 3.75. The van der Waals surface area contributed by atoms with Crippen LogP contribution in [0.15, 0.2) is 54.0 Å². The first-order valence-corrected chi connectivity index (χ1v) is 5.26. The molecule has 0 spiro atoms. The van der Waals surface area contributed by atoms with E-state index in [1.165, 1.54) is 4.40 Å². The lowest BCUT2D eigenvalue weighted by Crippen LogP contribution is -2.16. The first-order valence-electron chi connectivity index (χ1n) is 5.26. The SMILES string of the molecule is O=c1cc(Cn2ccnc2)nc2ccccn12. The van der Waals surface area contributed by atoms with Crippen LogP contribution in [0.2, 0.25) is 0 Å². The second kappa shape index (κ2) is 3.86. The predicted octanol–water partition coefficient (Wildman–Crippen LogP) is 0.939. The Balaban J connectivity index is 2.10. The highest BCUT2D eigenvalue weighted by Crippen LogP contribution is 2.00. The van der Waals surface area contributed by atoms with E-state index in [9.17, 15) is 4.79 Å². The van der Waals surface area contributed by atoms with Crippen molar-refractivity contribution < 1.29 is 0 Å². The third-order valence-corrected chi connectivity index (χ3v) is 2.53. The number of nitrogens with zero attached hydrogens (tertiary/aromatic N) is 4. The lowest BCUT2D eigenvalue weighted by Gasteiger charge is -2.04. The molecule has 0 bridgehead atoms. The number of rotatable bonds is 2. The summed E-state index contributed by atoms with van der Waals surface area (Å²) in [5.41, 5.74) is 1.33. The van der Waals surface area contributed by atoms with Crippen molar-refractivity contribution >= 4 is 5.65 Å². The van der Waals surface area contributed by atoms with Crippen LogP contribution in [0.1, 0.15) is 5.69 Å². The molecule has 0 radical (unpaired) electrons. The molecule has 5 nitrogen and oxygen atoms in total. The zero-order valence-corrected chi connectivity index (χ0v) is 9.02. The maximum Gasteiger partial charge on any atom is 0.258 e. The fourth-order valence-corrected chi connectivity index (χ4v) is 1.75. The molecule has 5 heteroatoms. The summed E-state index contributed by atoms with van der Waals surface area (Å²) in [7, 11) is 0. The molecule has 84 valence electrons. The molecule has 0 N–H and O–H groups in total. The summed E-state index contributed by atoms with van der Waals surface area (Å²) in [4.78, 5) is 20.2. The van der Waals surface area contributed by atoms with Crippen molar-refractivity contribution in [3.8, 4) is 0 Å². The smallest absolute Gasteiger partial charge is 0.258 e. The summed E-state index contributed by atoms with van der Waals surface area (Å²) < 4.78 is 3.40. The molecule has 3 aromatic rings. The van der Waals surface area contributed by atoms with E-state index < -0.39 is 0 Å². The molecule has 3 heterocycles. The van der Waals surface area contributed by atoms with Gasteiger partial charge in [-0.15, -0.1) is 0 Å². The number of fused-ring (bicyclic) bond motifs is 1. The number of aromatic nitrogens is 4. The van der Waals surface area contributed by atoms with Gasteiger partial charge in [0.2, 0.25) is 0 Å². The van der Waals surface area contributed by atoms with Crippen LogP contribution < -0.4 is 5.56 Å². The first kappa shape index (κ1) is 9.77. The van der Waals surface area contributed by atoms with Crippen LogP contribution in [0.3, 0.4) is 0 Å². The Labute approximate surface area is 97.0 Å². The van der Waals surface area contributed by atoms with E-state index in [-0.39, 0.29) is 5.56 Å². The third-order valence-electron chi connectivity index (χ3n) is 2.53. The van der Waals surface area contributed by atoms with Gasteiger partial charge in [0.05, 0.1) is 18.6 Å². The van der Waals surface area contributed by atoms with Gasteiger partial charge in [0.1, 0.15) is 5.65 Å². The fourth-order valence-electron chi connectivity index (χ4n) is 1.75. The van der Waals surface area contributed by atoms with E-state index >= 15 is 0 Å². The van der Waals surface area contributed by atoms with E-state index in [0.29, 0.717) is 12.2 Å². The molecule has 3 rings (SSSR count). The molecular weight excluding hydrogens is 216 g/mol. The van der Waals surface area contributed by atoms with Gasteiger partial charge in [-0.3, -0.25) is 9.20 Å². The average molecular weight is 226 g/mol. The van der Waals surface area contributed by atoms with Gasteiger partial charge in [-0.1, -0.05) is 6.07 Å². The largest absolute Gasteiger partial charge is 0.331 e. The summed E-state index contributed by atoms with van der Waals surface area (Å²) in [6.07, 6.45) is 6.96. The van der Waals surface area contributed by atoms with Crippen molar-refractivity contribution in [3.63, 3.8) is 0 Å². The summed E-state index contributed by atoms with van der Waals surface area (Å²) in [5, 5.41) is 0. The first-order chi connectivity index (χ1) is 8.33. The molecule has 17 heavy (non-hydrogen) atoms.